The zero-order valence-corrected chi connectivity index (χ0v) is 15.5. The van der Waals surface area contributed by atoms with Gasteiger partial charge in [0.2, 0.25) is 15.9 Å². The van der Waals surface area contributed by atoms with E-state index < -0.39 is 27.8 Å². The summed E-state index contributed by atoms with van der Waals surface area (Å²) in [7, 11) is -3.77. The topological polar surface area (TPSA) is 88.2 Å². The number of nitrogens with one attached hydrogen (secondary N) is 2. The number of carbonyl (C=O) groups is 1. The molecule has 140 valence electrons. The molecule has 0 unspecified atom stereocenters. The van der Waals surface area contributed by atoms with Gasteiger partial charge in [-0.05, 0) is 35.2 Å². The van der Waals surface area contributed by atoms with E-state index in [2.05, 4.69) is 15.0 Å². The normalized spacial score (nSPS) is 12.8. The standard InChI is InChI=1S/C18H22FN3O3S/c1-13(2)17(18(23)21-11-15-4-3-9-20-10-15)22-26(24,25)12-14-5-7-16(19)8-6-14/h3-10,13,17,22H,11-12H2,1-2H3,(H,21,23)/t17-/m0/s1. The molecule has 26 heavy (non-hydrogen) atoms. The predicted octanol–water partition coefficient (Wildman–Crippen LogP) is 1.98. The number of amides is 1. The highest BCUT2D eigenvalue weighted by atomic mass is 32.2. The average molecular weight is 379 g/mol. The molecule has 0 saturated heterocycles. The monoisotopic (exact) mass is 379 g/mol. The van der Waals surface area contributed by atoms with E-state index in [0.29, 0.717) is 5.56 Å². The van der Waals surface area contributed by atoms with Crippen molar-refractivity contribution in [3.05, 3.63) is 65.7 Å². The summed E-state index contributed by atoms with van der Waals surface area (Å²) >= 11 is 0. The van der Waals surface area contributed by atoms with Crippen molar-refractivity contribution in [2.75, 3.05) is 0 Å². The molecular weight excluding hydrogens is 357 g/mol. The van der Waals surface area contributed by atoms with Gasteiger partial charge >= 0.3 is 0 Å². The summed E-state index contributed by atoms with van der Waals surface area (Å²) in [5, 5.41) is 2.72. The number of benzene rings is 1. The van der Waals surface area contributed by atoms with Crippen molar-refractivity contribution in [2.45, 2.75) is 32.2 Å². The lowest BCUT2D eigenvalue weighted by Crippen LogP contribution is -2.49. The van der Waals surface area contributed by atoms with Crippen molar-refractivity contribution in [3.8, 4) is 0 Å². The van der Waals surface area contributed by atoms with Crippen LogP contribution in [0.25, 0.3) is 0 Å². The highest BCUT2D eigenvalue weighted by Crippen LogP contribution is 2.10. The van der Waals surface area contributed by atoms with Crippen LogP contribution >= 0.6 is 0 Å². The van der Waals surface area contributed by atoms with Crippen LogP contribution in [0.1, 0.15) is 25.0 Å². The number of halogens is 1. The van der Waals surface area contributed by atoms with E-state index in [1.165, 1.54) is 24.3 Å². The summed E-state index contributed by atoms with van der Waals surface area (Å²) in [5.74, 6) is -1.42. The van der Waals surface area contributed by atoms with Gasteiger partial charge in [0.1, 0.15) is 11.9 Å². The SMILES string of the molecule is CC(C)[C@H](NS(=O)(=O)Cc1ccc(F)cc1)C(=O)NCc1cccnc1. The van der Waals surface area contributed by atoms with E-state index in [1.807, 2.05) is 6.07 Å². The second-order valence-electron chi connectivity index (χ2n) is 6.30. The smallest absolute Gasteiger partial charge is 0.238 e. The second kappa shape index (κ2) is 8.86. The van der Waals surface area contributed by atoms with Crippen molar-refractivity contribution >= 4 is 15.9 Å². The summed E-state index contributed by atoms with van der Waals surface area (Å²) < 4.78 is 40.2. The number of pyridine rings is 1. The lowest BCUT2D eigenvalue weighted by molar-refractivity contribution is -0.123. The van der Waals surface area contributed by atoms with Crippen molar-refractivity contribution in [2.24, 2.45) is 5.92 Å². The maximum absolute atomic E-state index is 12.9. The van der Waals surface area contributed by atoms with Gasteiger partial charge in [-0.3, -0.25) is 9.78 Å². The Bertz CT molecular complexity index is 825. The van der Waals surface area contributed by atoms with E-state index in [0.717, 1.165) is 5.56 Å². The molecule has 1 aromatic heterocycles. The zero-order valence-electron chi connectivity index (χ0n) is 14.6. The number of sulfonamides is 1. The molecule has 0 aliphatic carbocycles. The third-order valence-corrected chi connectivity index (χ3v) is 5.04. The Morgan fingerprint density at radius 3 is 2.42 bits per heavy atom. The van der Waals surface area contributed by atoms with E-state index in [1.54, 1.807) is 32.3 Å². The number of aromatic nitrogens is 1. The third-order valence-electron chi connectivity index (χ3n) is 3.72. The number of nitrogens with zero attached hydrogens (tertiary/aromatic N) is 1. The van der Waals surface area contributed by atoms with Gasteiger partial charge in [-0.1, -0.05) is 32.0 Å². The molecule has 1 aromatic carbocycles. The van der Waals surface area contributed by atoms with E-state index in [4.69, 9.17) is 0 Å². The first-order chi connectivity index (χ1) is 12.3. The van der Waals surface area contributed by atoms with Gasteiger partial charge in [0, 0.05) is 18.9 Å². The van der Waals surface area contributed by atoms with Crippen molar-refractivity contribution < 1.29 is 17.6 Å². The van der Waals surface area contributed by atoms with Crippen LogP contribution in [0.15, 0.2) is 48.8 Å². The van der Waals surface area contributed by atoms with Crippen LogP contribution in [0.2, 0.25) is 0 Å². The van der Waals surface area contributed by atoms with Crippen LogP contribution < -0.4 is 10.0 Å². The largest absolute Gasteiger partial charge is 0.351 e. The fourth-order valence-electron chi connectivity index (χ4n) is 2.33. The molecule has 1 heterocycles. The first kappa shape index (κ1) is 20.0. The van der Waals surface area contributed by atoms with Gasteiger partial charge in [-0.15, -0.1) is 0 Å². The Balaban J connectivity index is 2.01. The molecule has 0 saturated carbocycles. The summed E-state index contributed by atoms with van der Waals surface area (Å²) in [6.07, 6.45) is 3.26. The highest BCUT2D eigenvalue weighted by molar-refractivity contribution is 7.88. The van der Waals surface area contributed by atoms with Crippen LogP contribution in [0.5, 0.6) is 0 Å². The number of carbonyl (C=O) groups excluding carboxylic acids is 1. The minimum atomic E-state index is -3.77. The molecule has 0 spiro atoms. The Morgan fingerprint density at radius 2 is 1.85 bits per heavy atom. The molecule has 1 atom stereocenters. The predicted molar refractivity (Wildman–Crippen MR) is 96.9 cm³/mol. The molecule has 1 amide bonds. The van der Waals surface area contributed by atoms with Gasteiger partial charge in [0.15, 0.2) is 0 Å². The Morgan fingerprint density at radius 1 is 1.15 bits per heavy atom. The van der Waals surface area contributed by atoms with Gasteiger partial charge in [-0.25, -0.2) is 17.5 Å². The van der Waals surface area contributed by atoms with Crippen LogP contribution in [-0.2, 0) is 27.1 Å². The molecule has 0 fully saturated rings. The molecule has 0 aliphatic heterocycles. The van der Waals surface area contributed by atoms with Crippen LogP contribution in [0, 0.1) is 11.7 Å². The molecule has 6 nitrogen and oxygen atoms in total. The maximum Gasteiger partial charge on any atom is 0.238 e. The third kappa shape index (κ3) is 6.20. The highest BCUT2D eigenvalue weighted by Gasteiger charge is 2.27. The summed E-state index contributed by atoms with van der Waals surface area (Å²) in [5.41, 5.74) is 1.26. The molecule has 2 rings (SSSR count). The average Bonchev–Trinajstić information content (AvgIpc) is 2.60. The Hall–Kier alpha value is -2.32. The maximum atomic E-state index is 12.9. The van der Waals surface area contributed by atoms with Gasteiger partial charge in [0.05, 0.1) is 5.75 Å². The molecule has 0 bridgehead atoms. The van der Waals surface area contributed by atoms with Gasteiger partial charge in [-0.2, -0.15) is 0 Å². The Labute approximate surface area is 152 Å². The number of hydrogen-bond acceptors (Lipinski definition) is 4. The summed E-state index contributed by atoms with van der Waals surface area (Å²) in [6.45, 7) is 3.78. The number of hydrogen-bond donors (Lipinski definition) is 2. The Kier molecular flexibility index (Phi) is 6.82. The molecule has 0 aliphatic rings. The van der Waals surface area contributed by atoms with Crippen molar-refractivity contribution in [1.82, 2.24) is 15.0 Å². The van der Waals surface area contributed by atoms with Crippen LogP contribution in [0.4, 0.5) is 4.39 Å². The minimum Gasteiger partial charge on any atom is -0.351 e. The van der Waals surface area contributed by atoms with Crippen LogP contribution in [-0.4, -0.2) is 25.4 Å². The van der Waals surface area contributed by atoms with E-state index >= 15 is 0 Å². The van der Waals surface area contributed by atoms with Crippen molar-refractivity contribution in [3.63, 3.8) is 0 Å². The van der Waals surface area contributed by atoms with Crippen LogP contribution in [0.3, 0.4) is 0 Å². The molecule has 8 heteroatoms. The van der Waals surface area contributed by atoms with Gasteiger partial charge < -0.3 is 5.32 Å². The first-order valence-electron chi connectivity index (χ1n) is 8.18. The summed E-state index contributed by atoms with van der Waals surface area (Å²) in [4.78, 5) is 16.4. The fourth-order valence-corrected chi connectivity index (χ4v) is 3.81. The lowest BCUT2D eigenvalue weighted by atomic mass is 10.0. The fraction of sp³-hybridized carbons (Fsp3) is 0.333. The number of rotatable bonds is 8. The minimum absolute atomic E-state index is 0.244. The molecule has 0 radical (unpaired) electrons. The van der Waals surface area contributed by atoms with Crippen molar-refractivity contribution in [1.29, 1.82) is 0 Å². The zero-order chi connectivity index (χ0) is 19.2. The second-order valence-corrected chi connectivity index (χ2v) is 8.06. The first-order valence-corrected chi connectivity index (χ1v) is 9.83. The molecular formula is C18H22FN3O3S. The quantitative estimate of drug-likeness (QED) is 0.734. The lowest BCUT2D eigenvalue weighted by Gasteiger charge is -2.21. The molecule has 2 aromatic rings. The van der Waals surface area contributed by atoms with Gasteiger partial charge in [0.25, 0.3) is 0 Å². The van der Waals surface area contributed by atoms with E-state index in [9.17, 15) is 17.6 Å². The summed E-state index contributed by atoms with van der Waals surface area (Å²) in [6, 6.07) is 7.88. The molecule has 2 N–H and O–H groups in total. The van der Waals surface area contributed by atoms with E-state index in [-0.39, 0.29) is 18.2 Å².